The van der Waals surface area contributed by atoms with Crippen LogP contribution in [0.1, 0.15) is 20.8 Å². The molecule has 0 aliphatic heterocycles. The van der Waals surface area contributed by atoms with Crippen LogP contribution in [0.5, 0.6) is 0 Å². The van der Waals surface area contributed by atoms with Gasteiger partial charge in [-0.2, -0.15) is 0 Å². The minimum atomic E-state index is -1.31. The summed E-state index contributed by atoms with van der Waals surface area (Å²) in [4.78, 5) is 12.6. The first-order chi connectivity index (χ1) is 4.93. The predicted molar refractivity (Wildman–Crippen MR) is 42.7 cm³/mol. The van der Waals surface area contributed by atoms with Gasteiger partial charge in [-0.05, 0) is 20.8 Å². The highest BCUT2D eigenvalue weighted by atomic mass is 16.3. The first-order valence-corrected chi connectivity index (χ1v) is 3.65. The number of hydrogen-bond donors (Lipinski definition) is 2. The van der Waals surface area contributed by atoms with E-state index in [0.29, 0.717) is 6.54 Å². The zero-order valence-corrected chi connectivity index (χ0v) is 7.29. The summed E-state index contributed by atoms with van der Waals surface area (Å²) in [7, 11) is 0. The van der Waals surface area contributed by atoms with Crippen LogP contribution in [0.2, 0.25) is 0 Å². The Labute approximate surface area is 67.0 Å². The third-order valence-electron chi connectivity index (χ3n) is 1.41. The van der Waals surface area contributed by atoms with E-state index < -0.39 is 5.60 Å². The monoisotopic (exact) mass is 160 g/mol. The molecule has 4 nitrogen and oxygen atoms in total. The highest BCUT2D eigenvalue weighted by Gasteiger charge is 2.27. The molecular weight excluding hydrogens is 144 g/mol. The number of rotatable bonds is 3. The number of carbonyl (C=O) groups excluding carboxylic acids is 1. The number of amides is 1. The summed E-state index contributed by atoms with van der Waals surface area (Å²) in [6.45, 7) is 5.40. The Morgan fingerprint density at radius 2 is 2.09 bits per heavy atom. The smallest absolute Gasteiger partial charge is 0.254 e. The van der Waals surface area contributed by atoms with Gasteiger partial charge in [-0.1, -0.05) is 0 Å². The van der Waals surface area contributed by atoms with Crippen molar-refractivity contribution in [1.29, 1.82) is 0 Å². The van der Waals surface area contributed by atoms with Gasteiger partial charge in [-0.15, -0.1) is 0 Å². The van der Waals surface area contributed by atoms with Gasteiger partial charge in [-0.3, -0.25) is 4.79 Å². The van der Waals surface area contributed by atoms with Crippen LogP contribution in [0.15, 0.2) is 0 Å². The van der Waals surface area contributed by atoms with Gasteiger partial charge >= 0.3 is 0 Å². The van der Waals surface area contributed by atoms with Crippen LogP contribution >= 0.6 is 0 Å². The van der Waals surface area contributed by atoms with Crippen molar-refractivity contribution < 1.29 is 9.90 Å². The molecule has 0 unspecified atom stereocenters. The molecule has 0 rings (SSSR count). The molecule has 3 N–H and O–H groups in total. The lowest BCUT2D eigenvalue weighted by molar-refractivity contribution is -0.147. The van der Waals surface area contributed by atoms with Crippen molar-refractivity contribution in [2.24, 2.45) is 5.73 Å². The summed E-state index contributed by atoms with van der Waals surface area (Å²) in [6, 6.07) is 0. The maximum atomic E-state index is 11.2. The SMILES string of the molecule is CCN(CN)C(=O)C(C)(C)O. The molecule has 0 heterocycles. The van der Waals surface area contributed by atoms with E-state index >= 15 is 0 Å². The van der Waals surface area contributed by atoms with Crippen LogP contribution in [0.3, 0.4) is 0 Å². The maximum Gasteiger partial charge on any atom is 0.254 e. The van der Waals surface area contributed by atoms with Crippen LogP contribution in [0, 0.1) is 0 Å². The molecule has 0 saturated heterocycles. The second kappa shape index (κ2) is 3.69. The van der Waals surface area contributed by atoms with E-state index in [1.807, 2.05) is 6.92 Å². The molecule has 0 atom stereocenters. The van der Waals surface area contributed by atoms with Crippen molar-refractivity contribution >= 4 is 5.91 Å². The van der Waals surface area contributed by atoms with Gasteiger partial charge in [0.05, 0.1) is 6.67 Å². The van der Waals surface area contributed by atoms with Crippen LogP contribution in [0.25, 0.3) is 0 Å². The summed E-state index contributed by atoms with van der Waals surface area (Å²) in [5.74, 6) is -0.331. The molecule has 66 valence electrons. The molecule has 4 heteroatoms. The molecule has 0 fully saturated rings. The number of hydrogen-bond acceptors (Lipinski definition) is 3. The van der Waals surface area contributed by atoms with E-state index in [1.165, 1.54) is 18.7 Å². The van der Waals surface area contributed by atoms with E-state index in [1.54, 1.807) is 0 Å². The highest BCUT2D eigenvalue weighted by Crippen LogP contribution is 2.05. The average Bonchev–Trinajstić information content (AvgIpc) is 1.88. The molecule has 0 aromatic heterocycles. The van der Waals surface area contributed by atoms with Crippen molar-refractivity contribution in [3.05, 3.63) is 0 Å². The van der Waals surface area contributed by atoms with Gasteiger partial charge in [0.25, 0.3) is 5.91 Å². The highest BCUT2D eigenvalue weighted by molar-refractivity contribution is 5.83. The third-order valence-corrected chi connectivity index (χ3v) is 1.41. The van der Waals surface area contributed by atoms with Gasteiger partial charge in [0, 0.05) is 6.54 Å². The number of carbonyl (C=O) groups is 1. The van der Waals surface area contributed by atoms with E-state index in [2.05, 4.69) is 0 Å². The van der Waals surface area contributed by atoms with Crippen LogP contribution in [-0.4, -0.2) is 34.7 Å². The molecule has 1 amide bonds. The molecule has 0 aliphatic rings. The molecule has 0 bridgehead atoms. The Hall–Kier alpha value is -0.610. The number of nitrogens with zero attached hydrogens (tertiary/aromatic N) is 1. The fourth-order valence-electron chi connectivity index (χ4n) is 0.743. The first kappa shape index (κ1) is 10.4. The maximum absolute atomic E-state index is 11.2. The number of likely N-dealkylation sites (N-methyl/N-ethyl adjacent to an activating group) is 1. The Kier molecular flexibility index (Phi) is 3.48. The fourth-order valence-corrected chi connectivity index (χ4v) is 0.743. The average molecular weight is 160 g/mol. The predicted octanol–water partition coefficient (Wildman–Crippen LogP) is -0.478. The number of nitrogens with two attached hydrogens (primary N) is 1. The van der Waals surface area contributed by atoms with E-state index in [9.17, 15) is 9.90 Å². The van der Waals surface area contributed by atoms with E-state index in [0.717, 1.165) is 0 Å². The molecule has 0 aromatic carbocycles. The lowest BCUT2D eigenvalue weighted by Crippen LogP contribution is -2.47. The van der Waals surface area contributed by atoms with Crippen molar-refractivity contribution in [2.45, 2.75) is 26.4 Å². The van der Waals surface area contributed by atoms with Crippen LogP contribution < -0.4 is 5.73 Å². The van der Waals surface area contributed by atoms with Gasteiger partial charge in [0.1, 0.15) is 5.60 Å². The van der Waals surface area contributed by atoms with Gasteiger partial charge in [0.15, 0.2) is 0 Å². The van der Waals surface area contributed by atoms with Gasteiger partial charge in [0.2, 0.25) is 0 Å². The van der Waals surface area contributed by atoms with Crippen molar-refractivity contribution in [3.63, 3.8) is 0 Å². The Balaban J connectivity index is 4.22. The second-order valence-corrected chi connectivity index (χ2v) is 2.90. The second-order valence-electron chi connectivity index (χ2n) is 2.90. The molecule has 0 aromatic rings. The largest absolute Gasteiger partial charge is 0.381 e. The van der Waals surface area contributed by atoms with Crippen molar-refractivity contribution in [3.8, 4) is 0 Å². The fraction of sp³-hybridized carbons (Fsp3) is 0.857. The standard InChI is InChI=1S/C7H16N2O2/c1-4-9(5-8)6(10)7(2,3)11/h11H,4-5,8H2,1-3H3. The zero-order valence-electron chi connectivity index (χ0n) is 7.29. The molecule has 0 saturated carbocycles. The summed E-state index contributed by atoms with van der Waals surface area (Å²) in [5.41, 5.74) is 3.96. The summed E-state index contributed by atoms with van der Waals surface area (Å²) in [5, 5.41) is 9.27. The molecule has 0 radical (unpaired) electrons. The Bertz CT molecular complexity index is 136. The van der Waals surface area contributed by atoms with Gasteiger partial charge < -0.3 is 15.7 Å². The van der Waals surface area contributed by atoms with Crippen molar-refractivity contribution in [1.82, 2.24) is 4.90 Å². The molecule has 0 aliphatic carbocycles. The molecule has 11 heavy (non-hydrogen) atoms. The minimum Gasteiger partial charge on any atom is -0.381 e. The van der Waals surface area contributed by atoms with Crippen LogP contribution in [0.4, 0.5) is 0 Å². The normalized spacial score (nSPS) is 11.4. The lowest BCUT2D eigenvalue weighted by Gasteiger charge is -2.25. The quantitative estimate of drug-likeness (QED) is 0.548. The van der Waals surface area contributed by atoms with Gasteiger partial charge in [-0.25, -0.2) is 0 Å². The topological polar surface area (TPSA) is 66.6 Å². The van der Waals surface area contributed by atoms with E-state index in [4.69, 9.17) is 5.73 Å². The number of aliphatic hydroxyl groups is 1. The van der Waals surface area contributed by atoms with Crippen molar-refractivity contribution in [2.75, 3.05) is 13.2 Å². The summed E-state index contributed by atoms with van der Waals surface area (Å²) < 4.78 is 0. The molecular formula is C7H16N2O2. The first-order valence-electron chi connectivity index (χ1n) is 3.65. The minimum absolute atomic E-state index is 0.152. The lowest BCUT2D eigenvalue weighted by atomic mass is 10.1. The van der Waals surface area contributed by atoms with E-state index in [-0.39, 0.29) is 12.6 Å². The summed E-state index contributed by atoms with van der Waals surface area (Å²) >= 11 is 0. The summed E-state index contributed by atoms with van der Waals surface area (Å²) in [6.07, 6.45) is 0. The molecule has 0 spiro atoms. The third kappa shape index (κ3) is 2.86. The zero-order chi connectivity index (χ0) is 9.07. The Morgan fingerprint density at radius 3 is 2.18 bits per heavy atom. The van der Waals surface area contributed by atoms with Crippen LogP contribution in [-0.2, 0) is 4.79 Å². The Morgan fingerprint density at radius 1 is 1.64 bits per heavy atom.